The van der Waals surface area contributed by atoms with Crippen molar-refractivity contribution in [3.05, 3.63) is 35.9 Å². The van der Waals surface area contributed by atoms with E-state index in [1.807, 2.05) is 18.2 Å². The molecule has 98 valence electrons. The highest BCUT2D eigenvalue weighted by atomic mass is 32.1. The molecule has 0 radical (unpaired) electrons. The van der Waals surface area contributed by atoms with Crippen LogP contribution in [0.25, 0.3) is 0 Å². The monoisotopic (exact) mass is 264 g/mol. The van der Waals surface area contributed by atoms with E-state index in [0.29, 0.717) is 11.6 Å². The molecule has 2 rings (SSSR count). The number of nitrogens with one attached hydrogen (secondary N) is 2. The fourth-order valence-corrected chi connectivity index (χ4v) is 2.66. The first-order valence-corrected chi connectivity index (χ1v) is 7.07. The third-order valence-corrected chi connectivity index (χ3v) is 3.58. The number of hydrogen-bond acceptors (Lipinski definition) is 3. The van der Waals surface area contributed by atoms with Gasteiger partial charge in [-0.25, -0.2) is 0 Å². The summed E-state index contributed by atoms with van der Waals surface area (Å²) in [6, 6.07) is 9.70. The number of rotatable bonds is 4. The molecule has 18 heavy (non-hydrogen) atoms. The number of hydrogen-bond donors (Lipinski definition) is 3. The van der Waals surface area contributed by atoms with Gasteiger partial charge in [-0.2, -0.15) is 0 Å². The Morgan fingerprint density at radius 2 is 1.83 bits per heavy atom. The van der Waals surface area contributed by atoms with Crippen LogP contribution in [0.5, 0.6) is 0 Å². The maximum absolute atomic E-state index is 11.9. The van der Waals surface area contributed by atoms with E-state index in [-0.39, 0.29) is 11.4 Å². The molecule has 1 atom stereocenters. The first-order chi connectivity index (χ1) is 8.75. The number of thiol groups is 1. The van der Waals surface area contributed by atoms with Gasteiger partial charge < -0.3 is 5.32 Å². The predicted octanol–water partition coefficient (Wildman–Crippen LogP) is 2.55. The highest BCUT2D eigenvalue weighted by Gasteiger charge is 2.17. The third kappa shape index (κ3) is 4.03. The lowest BCUT2D eigenvalue weighted by atomic mass is 9.96. The summed E-state index contributed by atoms with van der Waals surface area (Å²) in [4.78, 5) is 11.9. The van der Waals surface area contributed by atoms with Crippen LogP contribution in [-0.4, -0.2) is 17.4 Å². The molecule has 3 nitrogen and oxygen atoms in total. The van der Waals surface area contributed by atoms with Gasteiger partial charge in [-0.1, -0.05) is 37.5 Å². The smallest absolute Gasteiger partial charge is 0.253 e. The van der Waals surface area contributed by atoms with E-state index < -0.39 is 0 Å². The number of carbonyl (C=O) groups excluding carboxylic acids is 1. The molecule has 4 heteroatoms. The Bertz CT molecular complexity index is 377. The van der Waals surface area contributed by atoms with Crippen LogP contribution < -0.4 is 10.6 Å². The maximum atomic E-state index is 11.9. The largest absolute Gasteiger partial charge is 0.328 e. The van der Waals surface area contributed by atoms with Crippen molar-refractivity contribution in [1.82, 2.24) is 10.6 Å². The van der Waals surface area contributed by atoms with Crippen molar-refractivity contribution in [2.75, 3.05) is 0 Å². The second-order valence-electron chi connectivity index (χ2n) is 4.74. The van der Waals surface area contributed by atoms with E-state index in [4.69, 9.17) is 0 Å². The summed E-state index contributed by atoms with van der Waals surface area (Å²) in [5.74, 6) is -0.0843. The minimum atomic E-state index is -0.277. The SMILES string of the molecule is O=C(NC(S)NC1CCCCC1)c1ccccc1. The Morgan fingerprint density at radius 1 is 1.17 bits per heavy atom. The molecule has 1 aliphatic rings. The van der Waals surface area contributed by atoms with Crippen LogP contribution in [0.4, 0.5) is 0 Å². The molecule has 2 N–H and O–H groups in total. The summed E-state index contributed by atoms with van der Waals surface area (Å²) >= 11 is 4.39. The quantitative estimate of drug-likeness (QED) is 0.578. The number of benzene rings is 1. The molecular formula is C14H20N2OS. The lowest BCUT2D eigenvalue weighted by molar-refractivity contribution is 0.0942. The van der Waals surface area contributed by atoms with Crippen molar-refractivity contribution in [1.29, 1.82) is 0 Å². The van der Waals surface area contributed by atoms with Gasteiger partial charge in [0.15, 0.2) is 0 Å². The average Bonchev–Trinajstić information content (AvgIpc) is 2.40. The molecule has 1 amide bonds. The zero-order chi connectivity index (χ0) is 12.8. The van der Waals surface area contributed by atoms with E-state index in [0.717, 1.165) is 0 Å². The molecule has 0 saturated heterocycles. The minimum absolute atomic E-state index is 0.0843. The maximum Gasteiger partial charge on any atom is 0.253 e. The van der Waals surface area contributed by atoms with Gasteiger partial charge in [-0.05, 0) is 25.0 Å². The summed E-state index contributed by atoms with van der Waals surface area (Å²) in [5, 5.41) is 6.21. The van der Waals surface area contributed by atoms with Gasteiger partial charge in [-0.3, -0.25) is 10.1 Å². The molecule has 1 aromatic rings. The van der Waals surface area contributed by atoms with Gasteiger partial charge in [0, 0.05) is 11.6 Å². The van der Waals surface area contributed by atoms with Crippen molar-refractivity contribution in [3.63, 3.8) is 0 Å². The van der Waals surface area contributed by atoms with Gasteiger partial charge in [0.2, 0.25) is 0 Å². The molecule has 1 unspecified atom stereocenters. The van der Waals surface area contributed by atoms with Crippen molar-refractivity contribution in [3.8, 4) is 0 Å². The van der Waals surface area contributed by atoms with Gasteiger partial charge in [0.1, 0.15) is 5.50 Å². The van der Waals surface area contributed by atoms with E-state index in [9.17, 15) is 4.79 Å². The second-order valence-corrected chi connectivity index (χ2v) is 5.26. The molecule has 0 aliphatic heterocycles. The van der Waals surface area contributed by atoms with Gasteiger partial charge in [0.25, 0.3) is 5.91 Å². The molecule has 1 aliphatic carbocycles. The predicted molar refractivity (Wildman–Crippen MR) is 76.7 cm³/mol. The summed E-state index contributed by atoms with van der Waals surface area (Å²) < 4.78 is 0. The van der Waals surface area contributed by atoms with Crippen LogP contribution in [-0.2, 0) is 0 Å². The lowest BCUT2D eigenvalue weighted by Gasteiger charge is -2.26. The average molecular weight is 264 g/mol. The van der Waals surface area contributed by atoms with E-state index in [1.54, 1.807) is 12.1 Å². The van der Waals surface area contributed by atoms with Crippen LogP contribution in [0, 0.1) is 0 Å². The summed E-state index contributed by atoms with van der Waals surface area (Å²) in [5.41, 5.74) is 0.391. The Balaban J connectivity index is 1.80. The highest BCUT2D eigenvalue weighted by Crippen LogP contribution is 2.17. The molecule has 1 saturated carbocycles. The Morgan fingerprint density at radius 3 is 2.50 bits per heavy atom. The van der Waals surface area contributed by atoms with Crippen molar-refractivity contribution < 1.29 is 4.79 Å². The molecule has 0 aromatic heterocycles. The molecule has 1 aromatic carbocycles. The summed E-state index contributed by atoms with van der Waals surface area (Å²) in [7, 11) is 0. The molecule has 0 bridgehead atoms. The first-order valence-electron chi connectivity index (χ1n) is 6.56. The Labute approximate surface area is 114 Å². The third-order valence-electron chi connectivity index (χ3n) is 3.30. The lowest BCUT2D eigenvalue weighted by Crippen LogP contribution is -2.46. The van der Waals surface area contributed by atoms with Crippen LogP contribution in [0.1, 0.15) is 42.5 Å². The zero-order valence-electron chi connectivity index (χ0n) is 10.4. The van der Waals surface area contributed by atoms with Crippen LogP contribution >= 0.6 is 12.6 Å². The van der Waals surface area contributed by atoms with Crippen molar-refractivity contribution >= 4 is 18.5 Å². The Kier molecular flexibility index (Phi) is 5.08. The number of amides is 1. The summed E-state index contributed by atoms with van der Waals surface area (Å²) in [6.45, 7) is 0. The van der Waals surface area contributed by atoms with Gasteiger partial charge >= 0.3 is 0 Å². The van der Waals surface area contributed by atoms with Gasteiger partial charge in [0.05, 0.1) is 0 Å². The topological polar surface area (TPSA) is 41.1 Å². The van der Waals surface area contributed by atoms with Crippen molar-refractivity contribution in [2.45, 2.75) is 43.6 Å². The second kappa shape index (κ2) is 6.81. The summed E-state index contributed by atoms with van der Waals surface area (Å²) in [6.07, 6.45) is 6.22. The molecule has 0 heterocycles. The van der Waals surface area contributed by atoms with Crippen LogP contribution in [0.15, 0.2) is 30.3 Å². The minimum Gasteiger partial charge on any atom is -0.328 e. The normalized spacial score (nSPS) is 18.3. The van der Waals surface area contributed by atoms with E-state index >= 15 is 0 Å². The van der Waals surface area contributed by atoms with E-state index in [2.05, 4.69) is 23.3 Å². The van der Waals surface area contributed by atoms with E-state index in [1.165, 1.54) is 32.1 Å². The van der Waals surface area contributed by atoms with Crippen LogP contribution in [0.3, 0.4) is 0 Å². The zero-order valence-corrected chi connectivity index (χ0v) is 11.3. The fraction of sp³-hybridized carbons (Fsp3) is 0.500. The van der Waals surface area contributed by atoms with Crippen molar-refractivity contribution in [2.24, 2.45) is 0 Å². The number of carbonyl (C=O) groups is 1. The standard InChI is InChI=1S/C14H20N2OS/c17-13(11-7-3-1-4-8-11)16-14(18)15-12-9-5-2-6-10-12/h1,3-4,7-8,12,14-15,18H,2,5-6,9-10H2,(H,16,17). The fourth-order valence-electron chi connectivity index (χ4n) is 2.33. The van der Waals surface area contributed by atoms with Gasteiger partial charge in [-0.15, -0.1) is 12.6 Å². The van der Waals surface area contributed by atoms with Crippen LogP contribution in [0.2, 0.25) is 0 Å². The molecule has 0 spiro atoms. The first kappa shape index (κ1) is 13.4. The molecular weight excluding hydrogens is 244 g/mol. The highest BCUT2D eigenvalue weighted by molar-refractivity contribution is 7.80. The molecule has 1 fully saturated rings. The Hall–Kier alpha value is -1.00.